The molecule has 1 aromatic heterocycles. The van der Waals surface area contributed by atoms with E-state index in [0.717, 1.165) is 37.0 Å². The molecular formula is C17H26N2O4S. The number of thiazole rings is 1. The van der Waals surface area contributed by atoms with Gasteiger partial charge in [0.05, 0.1) is 11.6 Å². The van der Waals surface area contributed by atoms with Crippen molar-refractivity contribution in [2.75, 3.05) is 6.61 Å². The molecule has 1 fully saturated rings. The topological polar surface area (TPSA) is 77.5 Å². The summed E-state index contributed by atoms with van der Waals surface area (Å²) in [5.74, 6) is 0.865. The van der Waals surface area contributed by atoms with Gasteiger partial charge in [-0.15, -0.1) is 11.3 Å². The van der Waals surface area contributed by atoms with Crippen molar-refractivity contribution in [2.45, 2.75) is 65.0 Å². The molecule has 0 aliphatic heterocycles. The molecule has 0 unspecified atom stereocenters. The molecule has 6 nitrogen and oxygen atoms in total. The van der Waals surface area contributed by atoms with Crippen molar-refractivity contribution in [1.29, 1.82) is 0 Å². The van der Waals surface area contributed by atoms with Crippen LogP contribution in [0, 0.1) is 12.8 Å². The van der Waals surface area contributed by atoms with E-state index in [0.29, 0.717) is 23.3 Å². The second-order valence-electron chi connectivity index (χ2n) is 7.20. The second-order valence-corrected chi connectivity index (χ2v) is 8.43. The number of aromatic nitrogens is 1. The van der Waals surface area contributed by atoms with Gasteiger partial charge in [0.1, 0.15) is 10.5 Å². The highest BCUT2D eigenvalue weighted by atomic mass is 32.1. The molecule has 0 saturated heterocycles. The van der Waals surface area contributed by atoms with E-state index in [1.54, 1.807) is 0 Å². The standard InChI is InChI=1S/C17H26N2O4S/c1-11-18-15(14(9-20)24-11)22-10-12-5-7-13(8-6-12)19-16(21)23-17(2,3)4/h9,12-13H,5-8,10H2,1-4H3,(H,19,21). The lowest BCUT2D eigenvalue weighted by atomic mass is 9.86. The van der Waals surface area contributed by atoms with Gasteiger partial charge in [-0.2, -0.15) is 0 Å². The van der Waals surface area contributed by atoms with E-state index in [2.05, 4.69) is 10.3 Å². The maximum atomic E-state index is 11.8. The van der Waals surface area contributed by atoms with E-state index in [9.17, 15) is 9.59 Å². The molecular weight excluding hydrogens is 328 g/mol. The Morgan fingerprint density at radius 3 is 2.58 bits per heavy atom. The summed E-state index contributed by atoms with van der Waals surface area (Å²) in [5, 5.41) is 3.76. The first-order chi connectivity index (χ1) is 11.3. The van der Waals surface area contributed by atoms with E-state index in [4.69, 9.17) is 9.47 Å². The first-order valence-corrected chi connectivity index (χ1v) is 9.13. The lowest BCUT2D eigenvalue weighted by Crippen LogP contribution is -2.41. The predicted octanol–water partition coefficient (Wildman–Crippen LogP) is 3.73. The van der Waals surface area contributed by atoms with Crippen LogP contribution in [-0.2, 0) is 4.74 Å². The van der Waals surface area contributed by atoms with Gasteiger partial charge in [-0.25, -0.2) is 9.78 Å². The number of hydrogen-bond acceptors (Lipinski definition) is 6. The van der Waals surface area contributed by atoms with Crippen LogP contribution in [0.4, 0.5) is 4.79 Å². The minimum absolute atomic E-state index is 0.156. The van der Waals surface area contributed by atoms with Crippen molar-refractivity contribution in [1.82, 2.24) is 10.3 Å². The monoisotopic (exact) mass is 354 g/mol. The smallest absolute Gasteiger partial charge is 0.407 e. The maximum absolute atomic E-state index is 11.8. The molecule has 1 heterocycles. The summed E-state index contributed by atoms with van der Waals surface area (Å²) in [7, 11) is 0. The summed E-state index contributed by atoms with van der Waals surface area (Å²) in [4.78, 5) is 27.6. The number of nitrogens with one attached hydrogen (secondary N) is 1. The zero-order valence-corrected chi connectivity index (χ0v) is 15.6. The van der Waals surface area contributed by atoms with Gasteiger partial charge < -0.3 is 14.8 Å². The van der Waals surface area contributed by atoms with Crippen molar-refractivity contribution < 1.29 is 19.1 Å². The SMILES string of the molecule is Cc1nc(OCC2CCC(NC(=O)OC(C)(C)C)CC2)c(C=O)s1. The zero-order valence-electron chi connectivity index (χ0n) is 14.8. The van der Waals surface area contributed by atoms with Crippen molar-refractivity contribution in [3.05, 3.63) is 9.88 Å². The van der Waals surface area contributed by atoms with Crippen LogP contribution < -0.4 is 10.1 Å². The van der Waals surface area contributed by atoms with E-state index in [-0.39, 0.29) is 12.1 Å². The maximum Gasteiger partial charge on any atom is 0.407 e. The Morgan fingerprint density at radius 2 is 2.00 bits per heavy atom. The number of nitrogens with zero attached hydrogens (tertiary/aromatic N) is 1. The van der Waals surface area contributed by atoms with Crippen LogP contribution in [0.1, 0.15) is 61.1 Å². The number of rotatable bonds is 5. The van der Waals surface area contributed by atoms with Gasteiger partial charge >= 0.3 is 6.09 Å². The molecule has 0 radical (unpaired) electrons. The van der Waals surface area contributed by atoms with Gasteiger partial charge in [0.15, 0.2) is 6.29 Å². The van der Waals surface area contributed by atoms with Crippen molar-refractivity contribution in [3.8, 4) is 5.88 Å². The molecule has 1 amide bonds. The Balaban J connectivity index is 1.73. The van der Waals surface area contributed by atoms with Crippen LogP contribution in [0.25, 0.3) is 0 Å². The minimum atomic E-state index is -0.475. The fourth-order valence-corrected chi connectivity index (χ4v) is 3.43. The number of aryl methyl sites for hydroxylation is 1. The molecule has 7 heteroatoms. The number of hydrogen-bond donors (Lipinski definition) is 1. The first-order valence-electron chi connectivity index (χ1n) is 8.31. The van der Waals surface area contributed by atoms with Crippen LogP contribution in [-0.4, -0.2) is 35.6 Å². The second kappa shape index (κ2) is 7.96. The van der Waals surface area contributed by atoms with Crippen molar-refractivity contribution in [2.24, 2.45) is 5.92 Å². The van der Waals surface area contributed by atoms with Crippen LogP contribution >= 0.6 is 11.3 Å². The lowest BCUT2D eigenvalue weighted by Gasteiger charge is -2.29. The molecule has 134 valence electrons. The molecule has 0 atom stereocenters. The average molecular weight is 354 g/mol. The van der Waals surface area contributed by atoms with Gasteiger partial charge in [-0.1, -0.05) is 0 Å². The fraction of sp³-hybridized carbons (Fsp3) is 0.706. The Hall–Kier alpha value is -1.63. The number of amides is 1. The number of carbonyl (C=O) groups is 2. The molecule has 1 aliphatic carbocycles. The van der Waals surface area contributed by atoms with Crippen LogP contribution in [0.2, 0.25) is 0 Å². The number of alkyl carbamates (subject to hydrolysis) is 1. The van der Waals surface area contributed by atoms with Crippen LogP contribution in [0.3, 0.4) is 0 Å². The largest absolute Gasteiger partial charge is 0.476 e. The summed E-state index contributed by atoms with van der Waals surface area (Å²) < 4.78 is 11.0. The van der Waals surface area contributed by atoms with Crippen LogP contribution in [0.5, 0.6) is 5.88 Å². The summed E-state index contributed by atoms with van der Waals surface area (Å²) >= 11 is 1.35. The average Bonchev–Trinajstić information content (AvgIpc) is 2.84. The molecule has 24 heavy (non-hydrogen) atoms. The Morgan fingerprint density at radius 1 is 1.33 bits per heavy atom. The Kier molecular flexibility index (Phi) is 6.21. The lowest BCUT2D eigenvalue weighted by molar-refractivity contribution is 0.0483. The minimum Gasteiger partial charge on any atom is -0.476 e. The predicted molar refractivity (Wildman–Crippen MR) is 92.8 cm³/mol. The Labute approximate surface area is 146 Å². The van der Waals surface area contributed by atoms with Crippen LogP contribution in [0.15, 0.2) is 0 Å². The zero-order chi connectivity index (χ0) is 17.7. The summed E-state index contributed by atoms with van der Waals surface area (Å²) in [6.07, 6.45) is 4.20. The summed E-state index contributed by atoms with van der Waals surface area (Å²) in [6, 6.07) is 0.156. The quantitative estimate of drug-likeness (QED) is 0.815. The Bertz CT molecular complexity index is 572. The third-order valence-electron chi connectivity index (χ3n) is 3.86. The number of aldehydes is 1. The molecule has 1 aromatic rings. The highest BCUT2D eigenvalue weighted by Gasteiger charge is 2.25. The third kappa shape index (κ3) is 5.78. The van der Waals surface area contributed by atoms with Crippen molar-refractivity contribution >= 4 is 23.7 Å². The molecule has 1 N–H and O–H groups in total. The molecule has 2 rings (SSSR count). The number of carbonyl (C=O) groups excluding carboxylic acids is 2. The highest BCUT2D eigenvalue weighted by molar-refractivity contribution is 7.13. The van der Waals surface area contributed by atoms with Gasteiger partial charge in [-0.3, -0.25) is 4.79 Å². The third-order valence-corrected chi connectivity index (χ3v) is 4.74. The summed E-state index contributed by atoms with van der Waals surface area (Å²) in [5.41, 5.74) is -0.475. The van der Waals surface area contributed by atoms with Crippen molar-refractivity contribution in [3.63, 3.8) is 0 Å². The van der Waals surface area contributed by atoms with E-state index < -0.39 is 5.60 Å². The van der Waals surface area contributed by atoms with Gasteiger partial charge in [0.25, 0.3) is 0 Å². The first kappa shape index (κ1) is 18.7. The van der Waals surface area contributed by atoms with E-state index >= 15 is 0 Å². The van der Waals surface area contributed by atoms with Gasteiger partial charge in [0, 0.05) is 6.04 Å². The molecule has 1 saturated carbocycles. The molecule has 0 spiro atoms. The number of ether oxygens (including phenoxy) is 2. The van der Waals surface area contributed by atoms with Gasteiger partial charge in [-0.05, 0) is 59.3 Å². The van der Waals surface area contributed by atoms with E-state index in [1.807, 2.05) is 27.7 Å². The fourth-order valence-electron chi connectivity index (χ4n) is 2.75. The molecule has 0 aromatic carbocycles. The molecule has 0 bridgehead atoms. The van der Waals surface area contributed by atoms with Gasteiger partial charge in [0.2, 0.25) is 5.88 Å². The highest BCUT2D eigenvalue weighted by Crippen LogP contribution is 2.27. The summed E-state index contributed by atoms with van der Waals surface area (Å²) in [6.45, 7) is 7.99. The van der Waals surface area contributed by atoms with E-state index in [1.165, 1.54) is 11.3 Å². The molecule has 1 aliphatic rings. The normalized spacial score (nSPS) is 21.2.